The van der Waals surface area contributed by atoms with Crippen LogP contribution in [0.15, 0.2) is 24.3 Å². The van der Waals surface area contributed by atoms with Gasteiger partial charge in [0.15, 0.2) is 0 Å². The fourth-order valence-corrected chi connectivity index (χ4v) is 5.09. The molecular weight excluding hydrogens is 334 g/mol. The Morgan fingerprint density at radius 2 is 2.07 bits per heavy atom. The lowest BCUT2D eigenvalue weighted by Crippen LogP contribution is -2.47. The third kappa shape index (κ3) is 4.19. The molecule has 2 atom stereocenters. The van der Waals surface area contributed by atoms with Crippen molar-refractivity contribution >= 4 is 5.91 Å². The number of nitrogens with two attached hydrogens (primary N) is 1. The number of amides is 1. The van der Waals surface area contributed by atoms with Crippen LogP contribution in [-0.4, -0.2) is 30.4 Å². The second kappa shape index (κ2) is 8.02. The maximum atomic E-state index is 11.5. The Balaban J connectivity index is 1.58. The molecule has 27 heavy (non-hydrogen) atoms. The fourth-order valence-electron chi connectivity index (χ4n) is 5.09. The van der Waals surface area contributed by atoms with E-state index in [4.69, 9.17) is 5.73 Å². The number of primary amides is 1. The zero-order chi connectivity index (χ0) is 19.5. The van der Waals surface area contributed by atoms with Gasteiger partial charge in [-0.3, -0.25) is 4.79 Å². The standard InChI is InChI=1S/C23H33N3O/c1-18-16-26(13-6-11-23(17-24)9-3-4-10-23)14-12-22(18,2)20-8-5-7-19(15-20)21(25)27/h5,7-8,15,18H,3-4,6,9-14,16H2,1-2H3,(H2,25,27). The number of hydrogen-bond donors (Lipinski definition) is 1. The summed E-state index contributed by atoms with van der Waals surface area (Å²) in [6.07, 6.45) is 7.87. The molecule has 0 bridgehead atoms. The first kappa shape index (κ1) is 19.9. The molecule has 2 unspecified atom stereocenters. The first-order valence-electron chi connectivity index (χ1n) is 10.4. The summed E-state index contributed by atoms with van der Waals surface area (Å²) < 4.78 is 0. The number of carbonyl (C=O) groups is 1. The van der Waals surface area contributed by atoms with E-state index in [0.717, 1.165) is 51.7 Å². The van der Waals surface area contributed by atoms with E-state index in [9.17, 15) is 10.1 Å². The van der Waals surface area contributed by atoms with Crippen molar-refractivity contribution in [3.8, 4) is 6.07 Å². The highest BCUT2D eigenvalue weighted by Crippen LogP contribution is 2.42. The molecule has 2 fully saturated rings. The van der Waals surface area contributed by atoms with Gasteiger partial charge in [-0.2, -0.15) is 5.26 Å². The predicted octanol–water partition coefficient (Wildman–Crippen LogP) is 4.25. The first-order valence-corrected chi connectivity index (χ1v) is 10.4. The van der Waals surface area contributed by atoms with Crippen molar-refractivity contribution in [2.75, 3.05) is 19.6 Å². The molecule has 0 spiro atoms. The second-order valence-corrected chi connectivity index (χ2v) is 9.02. The van der Waals surface area contributed by atoms with Gasteiger partial charge in [0.25, 0.3) is 0 Å². The zero-order valence-electron chi connectivity index (χ0n) is 16.8. The Morgan fingerprint density at radius 1 is 1.33 bits per heavy atom. The molecule has 0 radical (unpaired) electrons. The van der Waals surface area contributed by atoms with Gasteiger partial charge in [-0.25, -0.2) is 0 Å². The van der Waals surface area contributed by atoms with Gasteiger partial charge in [-0.1, -0.05) is 38.8 Å². The smallest absolute Gasteiger partial charge is 0.248 e. The van der Waals surface area contributed by atoms with Crippen molar-refractivity contribution in [3.05, 3.63) is 35.4 Å². The highest BCUT2D eigenvalue weighted by Gasteiger charge is 2.38. The van der Waals surface area contributed by atoms with E-state index in [1.807, 2.05) is 12.1 Å². The molecule has 1 aromatic carbocycles. The molecule has 1 saturated heterocycles. The number of nitrogens with zero attached hydrogens (tertiary/aromatic N) is 2. The zero-order valence-corrected chi connectivity index (χ0v) is 16.8. The molecule has 3 rings (SSSR count). The quantitative estimate of drug-likeness (QED) is 0.817. The third-order valence-electron chi connectivity index (χ3n) is 7.30. The Labute approximate surface area is 163 Å². The third-order valence-corrected chi connectivity index (χ3v) is 7.30. The van der Waals surface area contributed by atoms with E-state index in [1.54, 1.807) is 6.07 Å². The van der Waals surface area contributed by atoms with Gasteiger partial charge in [-0.05, 0) is 74.2 Å². The molecule has 146 valence electrons. The van der Waals surface area contributed by atoms with Crippen molar-refractivity contribution < 1.29 is 4.79 Å². The van der Waals surface area contributed by atoms with Crippen LogP contribution >= 0.6 is 0 Å². The molecule has 1 aromatic rings. The minimum absolute atomic E-state index is 0.0366. The van der Waals surface area contributed by atoms with Gasteiger partial charge >= 0.3 is 0 Å². The molecule has 1 amide bonds. The highest BCUT2D eigenvalue weighted by atomic mass is 16.1. The summed E-state index contributed by atoms with van der Waals surface area (Å²) in [5.74, 6) is 0.148. The Bertz CT molecular complexity index is 717. The van der Waals surface area contributed by atoms with Crippen molar-refractivity contribution in [3.63, 3.8) is 0 Å². The average molecular weight is 368 g/mol. The van der Waals surface area contributed by atoms with Crippen LogP contribution < -0.4 is 5.73 Å². The summed E-state index contributed by atoms with van der Waals surface area (Å²) in [6, 6.07) is 10.5. The highest BCUT2D eigenvalue weighted by molar-refractivity contribution is 5.92. The first-order chi connectivity index (χ1) is 12.9. The van der Waals surface area contributed by atoms with Gasteiger partial charge in [0, 0.05) is 12.1 Å². The largest absolute Gasteiger partial charge is 0.366 e. The lowest BCUT2D eigenvalue weighted by Gasteiger charge is -2.45. The monoisotopic (exact) mass is 367 g/mol. The predicted molar refractivity (Wildman–Crippen MR) is 108 cm³/mol. The van der Waals surface area contributed by atoms with Crippen LogP contribution in [0, 0.1) is 22.7 Å². The maximum absolute atomic E-state index is 11.5. The topological polar surface area (TPSA) is 70.1 Å². The van der Waals surface area contributed by atoms with Crippen LogP contribution in [0.25, 0.3) is 0 Å². The molecule has 4 heteroatoms. The SMILES string of the molecule is CC1CN(CCCC2(C#N)CCCC2)CCC1(C)c1cccc(C(N)=O)c1. The minimum Gasteiger partial charge on any atom is -0.366 e. The molecule has 0 aromatic heterocycles. The molecule has 2 aliphatic rings. The molecule has 1 saturated carbocycles. The van der Waals surface area contributed by atoms with Gasteiger partial charge in [-0.15, -0.1) is 0 Å². The van der Waals surface area contributed by atoms with E-state index >= 15 is 0 Å². The van der Waals surface area contributed by atoms with E-state index in [1.165, 1.54) is 18.4 Å². The molecule has 2 N–H and O–H groups in total. The van der Waals surface area contributed by atoms with E-state index < -0.39 is 0 Å². The van der Waals surface area contributed by atoms with Crippen LogP contribution in [0.4, 0.5) is 0 Å². The van der Waals surface area contributed by atoms with Gasteiger partial charge in [0.05, 0.1) is 11.5 Å². The molecule has 4 nitrogen and oxygen atoms in total. The number of hydrogen-bond acceptors (Lipinski definition) is 3. The number of benzene rings is 1. The van der Waals surface area contributed by atoms with Crippen LogP contribution in [0.5, 0.6) is 0 Å². The van der Waals surface area contributed by atoms with E-state index in [-0.39, 0.29) is 16.7 Å². The van der Waals surface area contributed by atoms with Crippen LogP contribution in [0.3, 0.4) is 0 Å². The second-order valence-electron chi connectivity index (χ2n) is 9.02. The van der Waals surface area contributed by atoms with Gasteiger partial charge in [0.2, 0.25) is 5.91 Å². The van der Waals surface area contributed by atoms with Crippen molar-refractivity contribution in [1.29, 1.82) is 5.26 Å². The number of nitriles is 1. The van der Waals surface area contributed by atoms with Gasteiger partial charge in [0.1, 0.15) is 0 Å². The normalized spacial score (nSPS) is 28.0. The van der Waals surface area contributed by atoms with Crippen molar-refractivity contribution in [1.82, 2.24) is 4.90 Å². The fraction of sp³-hybridized carbons (Fsp3) is 0.652. The van der Waals surface area contributed by atoms with E-state index in [0.29, 0.717) is 11.5 Å². The number of piperidine rings is 1. The average Bonchev–Trinajstić information content (AvgIpc) is 3.14. The lowest BCUT2D eigenvalue weighted by molar-refractivity contribution is 0.0997. The van der Waals surface area contributed by atoms with Crippen LogP contribution in [-0.2, 0) is 5.41 Å². The lowest BCUT2D eigenvalue weighted by atomic mass is 9.67. The summed E-state index contributed by atoms with van der Waals surface area (Å²) in [6.45, 7) is 7.86. The Hall–Kier alpha value is -1.86. The molecule has 1 aliphatic carbocycles. The summed E-state index contributed by atoms with van der Waals surface area (Å²) >= 11 is 0. The summed E-state index contributed by atoms with van der Waals surface area (Å²) in [5, 5.41) is 9.56. The Kier molecular flexibility index (Phi) is 5.91. The maximum Gasteiger partial charge on any atom is 0.248 e. The molecule has 1 heterocycles. The number of rotatable bonds is 6. The van der Waals surface area contributed by atoms with Crippen LogP contribution in [0.1, 0.15) is 74.7 Å². The number of carbonyl (C=O) groups excluding carboxylic acids is 1. The van der Waals surface area contributed by atoms with Crippen molar-refractivity contribution in [2.24, 2.45) is 17.1 Å². The minimum atomic E-state index is -0.358. The molecular formula is C23H33N3O. The number of likely N-dealkylation sites (tertiary alicyclic amines) is 1. The molecule has 1 aliphatic heterocycles. The van der Waals surface area contributed by atoms with Crippen LogP contribution in [0.2, 0.25) is 0 Å². The van der Waals surface area contributed by atoms with Gasteiger partial charge < -0.3 is 10.6 Å². The van der Waals surface area contributed by atoms with Crippen molar-refractivity contribution in [2.45, 2.75) is 64.2 Å². The summed E-state index contributed by atoms with van der Waals surface area (Å²) in [4.78, 5) is 14.1. The Morgan fingerprint density at radius 3 is 2.70 bits per heavy atom. The summed E-state index contributed by atoms with van der Waals surface area (Å²) in [7, 11) is 0. The summed E-state index contributed by atoms with van der Waals surface area (Å²) in [5.41, 5.74) is 7.33. The van der Waals surface area contributed by atoms with E-state index in [2.05, 4.69) is 30.9 Å².